The van der Waals surface area contributed by atoms with Gasteiger partial charge in [0, 0.05) is 0 Å². The molecule has 0 bridgehead atoms. The molecule has 1 aromatic heterocycles. The van der Waals surface area contributed by atoms with Crippen LogP contribution in [-0.4, -0.2) is 21.8 Å². The zero-order valence-corrected chi connectivity index (χ0v) is 23.1. The van der Waals surface area contributed by atoms with E-state index in [1.165, 1.54) is 38.7 Å². The third kappa shape index (κ3) is 4.43. The fourth-order valence-electron chi connectivity index (χ4n) is 4.51. The number of nitrogens with zero attached hydrogens (tertiary/aromatic N) is 1. The maximum atomic E-state index is 2.56. The summed E-state index contributed by atoms with van der Waals surface area (Å²) in [5.74, 6) is 0.552. The topological polar surface area (TPSA) is 3.88 Å². The van der Waals surface area contributed by atoms with Crippen LogP contribution in [0.3, 0.4) is 0 Å². The number of benzene rings is 2. The second-order valence-corrected chi connectivity index (χ2v) is 22.5. The zero-order valence-electron chi connectivity index (χ0n) is 19.7. The van der Waals surface area contributed by atoms with Gasteiger partial charge in [-0.05, 0) is 0 Å². The van der Waals surface area contributed by atoms with Gasteiger partial charge in [-0.25, -0.2) is 0 Å². The molecule has 0 saturated heterocycles. The molecule has 3 aromatic rings. The van der Waals surface area contributed by atoms with E-state index >= 15 is 0 Å². The Morgan fingerprint density at radius 2 is 1.48 bits per heavy atom. The van der Waals surface area contributed by atoms with Crippen LogP contribution in [0.1, 0.15) is 64.2 Å². The van der Waals surface area contributed by atoms with E-state index in [4.69, 9.17) is 0 Å². The first-order chi connectivity index (χ1) is 13.6. The first kappa shape index (κ1) is 22.4. The predicted molar refractivity (Wildman–Crippen MR) is 130 cm³/mol. The molecule has 0 saturated carbocycles. The molecule has 0 N–H and O–H groups in total. The van der Waals surface area contributed by atoms with E-state index in [9.17, 15) is 0 Å². The van der Waals surface area contributed by atoms with Gasteiger partial charge in [-0.15, -0.1) is 0 Å². The molecule has 0 spiro atoms. The van der Waals surface area contributed by atoms with Gasteiger partial charge in [0.2, 0.25) is 0 Å². The monoisotopic (exact) mass is 584 g/mol. The minimum absolute atomic E-state index is 0.552. The van der Waals surface area contributed by atoms with Crippen molar-refractivity contribution in [1.29, 1.82) is 0 Å². The van der Waals surface area contributed by atoms with Gasteiger partial charge in [-0.2, -0.15) is 0 Å². The van der Waals surface area contributed by atoms with E-state index in [0.717, 1.165) is 7.25 Å². The van der Waals surface area contributed by atoms with E-state index in [1.54, 1.807) is 3.27 Å². The molecule has 29 heavy (non-hydrogen) atoms. The van der Waals surface area contributed by atoms with Gasteiger partial charge in [-0.3, -0.25) is 0 Å². The van der Waals surface area contributed by atoms with E-state index in [0.29, 0.717) is 5.92 Å². The fraction of sp³-hybridized carbons (Fsp3) is 0.444. The summed E-state index contributed by atoms with van der Waals surface area (Å²) in [6, 6.07) is 14.4. The van der Waals surface area contributed by atoms with Gasteiger partial charge < -0.3 is 0 Å². The Labute approximate surface area is 185 Å². The van der Waals surface area contributed by atoms with Crippen LogP contribution in [0, 0.1) is 13.8 Å². The van der Waals surface area contributed by atoms with Crippen LogP contribution in [-0.2, 0) is 7.05 Å². The van der Waals surface area contributed by atoms with Crippen LogP contribution in [0.25, 0.3) is 22.0 Å². The summed E-state index contributed by atoms with van der Waals surface area (Å²) < 4.78 is 5.65. The quantitative estimate of drug-likeness (QED) is 0.235. The molecule has 0 atom stereocenters. The Kier molecular flexibility index (Phi) is 6.84. The Morgan fingerprint density at radius 3 is 2.07 bits per heavy atom. The molecule has 154 valence electrons. The number of hydrogen-bond acceptors (Lipinski definition) is 0. The summed E-state index contributed by atoms with van der Waals surface area (Å²) in [6.45, 7) is 18.9. The molecular formula is C27H37BiN+. The molecule has 3 rings (SSSR count). The van der Waals surface area contributed by atoms with Crippen LogP contribution >= 0.6 is 0 Å². The van der Waals surface area contributed by atoms with Crippen molar-refractivity contribution < 1.29 is 4.57 Å². The second kappa shape index (κ2) is 8.85. The van der Waals surface area contributed by atoms with Crippen LogP contribution in [0.2, 0.25) is 7.25 Å². The van der Waals surface area contributed by atoms with Crippen molar-refractivity contribution >= 4 is 35.8 Å². The number of aromatic nitrogens is 1. The van der Waals surface area contributed by atoms with E-state index in [-0.39, 0.29) is 0 Å². The van der Waals surface area contributed by atoms with Gasteiger partial charge in [0.15, 0.2) is 0 Å². The van der Waals surface area contributed by atoms with Crippen molar-refractivity contribution in [3.63, 3.8) is 0 Å². The number of fused-ring (bicyclic) bond motifs is 1. The summed E-state index contributed by atoms with van der Waals surface area (Å²) >= 11 is -1.80. The third-order valence-corrected chi connectivity index (χ3v) is 18.1. The Balaban J connectivity index is 2.30. The molecule has 0 radical (unpaired) electrons. The standard InChI is InChI=1S/C21H23N.2C3H7.Bi/c1-14(2)17-9-10-20-18(13-17)11-12-22(5)21(20)19-8-6-7-15(3)16(19)4;2*1-3-2;/h7-14H,1-5H3;2*3H,1-2H3;/q+1;;;. The average Bonchev–Trinajstić information content (AvgIpc) is 2.63. The molecule has 0 aliphatic rings. The SMILES string of the molecule is Cc1c[c]([Bi]([CH](C)C)[CH](C)C)cc(-c2c3ccc(C(C)C)cc3cc[n+]2C)c1C. The Bertz CT molecular complexity index is 1020. The van der Waals surface area contributed by atoms with Crippen molar-refractivity contribution in [3.8, 4) is 11.3 Å². The van der Waals surface area contributed by atoms with E-state index in [2.05, 4.69) is 110 Å². The molecule has 0 aliphatic heterocycles. The van der Waals surface area contributed by atoms with Crippen LogP contribution < -0.4 is 7.84 Å². The minimum atomic E-state index is -1.80. The van der Waals surface area contributed by atoms with Crippen molar-refractivity contribution in [2.24, 2.45) is 7.05 Å². The first-order valence-electron chi connectivity index (χ1n) is 10.9. The van der Waals surface area contributed by atoms with Crippen molar-refractivity contribution in [1.82, 2.24) is 0 Å². The number of hydrogen-bond donors (Lipinski definition) is 0. The number of rotatable bonds is 5. The van der Waals surface area contributed by atoms with Crippen molar-refractivity contribution in [2.75, 3.05) is 0 Å². The summed E-state index contributed by atoms with van der Waals surface area (Å²) in [7, 11) is 2.19. The van der Waals surface area contributed by atoms with E-state index in [1.807, 2.05) is 0 Å². The van der Waals surface area contributed by atoms with Gasteiger partial charge in [-0.1, -0.05) is 0 Å². The van der Waals surface area contributed by atoms with Crippen LogP contribution in [0.5, 0.6) is 0 Å². The molecule has 0 amide bonds. The number of pyridine rings is 1. The Hall–Kier alpha value is -1.27. The predicted octanol–water partition coefficient (Wildman–Crippen LogP) is 6.59. The third-order valence-electron chi connectivity index (χ3n) is 6.15. The summed E-state index contributed by atoms with van der Waals surface area (Å²) in [6.07, 6.45) is 2.23. The normalized spacial score (nSPS) is 12.2. The van der Waals surface area contributed by atoms with E-state index < -0.39 is 21.8 Å². The molecule has 2 heteroatoms. The fourth-order valence-corrected chi connectivity index (χ4v) is 16.2. The molecule has 0 aliphatic carbocycles. The van der Waals surface area contributed by atoms with Crippen molar-refractivity contribution in [3.05, 3.63) is 59.3 Å². The summed E-state index contributed by atoms with van der Waals surface area (Å²) in [4.78, 5) is 0. The molecular weight excluding hydrogens is 547 g/mol. The van der Waals surface area contributed by atoms with Gasteiger partial charge in [0.1, 0.15) is 0 Å². The molecule has 1 nitrogen and oxygen atoms in total. The van der Waals surface area contributed by atoms with Crippen molar-refractivity contribution in [2.45, 2.75) is 68.6 Å². The molecule has 0 unspecified atom stereocenters. The average molecular weight is 585 g/mol. The number of aryl methyl sites for hydroxylation is 2. The Morgan fingerprint density at radius 1 is 0.828 bits per heavy atom. The van der Waals surface area contributed by atoms with Crippen LogP contribution in [0.4, 0.5) is 0 Å². The summed E-state index contributed by atoms with van der Waals surface area (Å²) in [5, 5.41) is 2.71. The van der Waals surface area contributed by atoms with Crippen LogP contribution in [0.15, 0.2) is 42.6 Å². The molecule has 2 aromatic carbocycles. The van der Waals surface area contributed by atoms with Gasteiger partial charge >= 0.3 is 187 Å². The zero-order chi connectivity index (χ0) is 21.5. The first-order valence-corrected chi connectivity index (χ1v) is 16.7. The maximum absolute atomic E-state index is 2.56. The van der Waals surface area contributed by atoms with Gasteiger partial charge in [0.25, 0.3) is 0 Å². The summed E-state index contributed by atoms with van der Waals surface area (Å²) in [5.41, 5.74) is 7.05. The second-order valence-electron chi connectivity index (χ2n) is 9.31. The molecule has 0 fully saturated rings. The molecule has 1 heterocycles. The van der Waals surface area contributed by atoms with Gasteiger partial charge in [0.05, 0.1) is 0 Å².